The highest BCUT2D eigenvalue weighted by Gasteiger charge is 2.15. The van der Waals surface area contributed by atoms with Crippen molar-refractivity contribution in [3.63, 3.8) is 0 Å². The molecule has 1 aliphatic heterocycles. The average molecular weight is 214 g/mol. The Bertz CT molecular complexity index is 156. The van der Waals surface area contributed by atoms with Gasteiger partial charge in [0.25, 0.3) is 0 Å². The van der Waals surface area contributed by atoms with Crippen molar-refractivity contribution >= 4 is 0 Å². The maximum Gasteiger partial charge on any atom is 0.0712 e. The summed E-state index contributed by atoms with van der Waals surface area (Å²) >= 11 is 0. The molecule has 0 aromatic heterocycles. The van der Waals surface area contributed by atoms with Crippen LogP contribution < -0.4 is 5.32 Å². The number of nitrogens with one attached hydrogen (secondary N) is 1. The lowest BCUT2D eigenvalue weighted by atomic mass is 10.2. The van der Waals surface area contributed by atoms with E-state index >= 15 is 0 Å². The van der Waals surface area contributed by atoms with Crippen LogP contribution in [0.2, 0.25) is 0 Å². The van der Waals surface area contributed by atoms with Gasteiger partial charge in [0.15, 0.2) is 0 Å². The number of hydrogen-bond donors (Lipinski definition) is 1. The van der Waals surface area contributed by atoms with Gasteiger partial charge < -0.3 is 15.0 Å². The zero-order valence-corrected chi connectivity index (χ0v) is 10.5. The molecule has 0 amide bonds. The normalized spacial score (nSPS) is 22.6. The molecule has 1 N–H and O–H groups in total. The van der Waals surface area contributed by atoms with Crippen LogP contribution in [0, 0.1) is 0 Å². The molecule has 0 aromatic rings. The third kappa shape index (κ3) is 4.96. The van der Waals surface area contributed by atoms with Gasteiger partial charge in [-0.3, -0.25) is 0 Å². The van der Waals surface area contributed by atoms with E-state index in [1.807, 2.05) is 0 Å². The molecule has 1 aliphatic rings. The SMILES string of the molecule is CCCN(CCC1CNCCO1)C(C)C. The maximum absolute atomic E-state index is 5.70. The van der Waals surface area contributed by atoms with Gasteiger partial charge in [-0.05, 0) is 33.2 Å². The van der Waals surface area contributed by atoms with Crippen LogP contribution in [0.15, 0.2) is 0 Å². The Balaban J connectivity index is 2.19. The number of nitrogens with zero attached hydrogens (tertiary/aromatic N) is 1. The molecule has 0 aromatic carbocycles. The van der Waals surface area contributed by atoms with E-state index in [2.05, 4.69) is 31.0 Å². The summed E-state index contributed by atoms with van der Waals surface area (Å²) < 4.78 is 5.70. The number of rotatable bonds is 6. The first-order valence-corrected chi connectivity index (χ1v) is 6.30. The summed E-state index contributed by atoms with van der Waals surface area (Å²) in [6.07, 6.45) is 2.82. The van der Waals surface area contributed by atoms with E-state index in [9.17, 15) is 0 Å². The van der Waals surface area contributed by atoms with E-state index in [-0.39, 0.29) is 0 Å². The van der Waals surface area contributed by atoms with Crippen molar-refractivity contribution in [3.05, 3.63) is 0 Å². The van der Waals surface area contributed by atoms with Gasteiger partial charge in [0.05, 0.1) is 12.7 Å². The van der Waals surface area contributed by atoms with E-state index in [1.165, 1.54) is 13.0 Å². The average Bonchev–Trinajstić information content (AvgIpc) is 2.25. The van der Waals surface area contributed by atoms with Gasteiger partial charge >= 0.3 is 0 Å². The minimum atomic E-state index is 0.428. The van der Waals surface area contributed by atoms with Crippen LogP contribution in [-0.2, 0) is 4.74 Å². The predicted octanol–water partition coefficient (Wildman–Crippen LogP) is 1.49. The molecule has 0 bridgehead atoms. The fourth-order valence-electron chi connectivity index (χ4n) is 2.03. The van der Waals surface area contributed by atoms with Crippen molar-refractivity contribution in [2.75, 3.05) is 32.8 Å². The van der Waals surface area contributed by atoms with Gasteiger partial charge in [0.1, 0.15) is 0 Å². The summed E-state index contributed by atoms with van der Waals surface area (Å²) in [4.78, 5) is 2.54. The molecule has 1 saturated heterocycles. The molecule has 3 nitrogen and oxygen atoms in total. The highest BCUT2D eigenvalue weighted by atomic mass is 16.5. The van der Waals surface area contributed by atoms with E-state index in [1.54, 1.807) is 0 Å². The fraction of sp³-hybridized carbons (Fsp3) is 1.00. The molecular weight excluding hydrogens is 188 g/mol. The van der Waals surface area contributed by atoms with E-state index in [0.29, 0.717) is 12.1 Å². The second-order valence-electron chi connectivity index (χ2n) is 4.62. The minimum Gasteiger partial charge on any atom is -0.376 e. The lowest BCUT2D eigenvalue weighted by Crippen LogP contribution is -2.41. The van der Waals surface area contributed by atoms with Crippen LogP contribution >= 0.6 is 0 Å². The van der Waals surface area contributed by atoms with Gasteiger partial charge in [0, 0.05) is 25.7 Å². The van der Waals surface area contributed by atoms with Crippen molar-refractivity contribution in [1.29, 1.82) is 0 Å². The zero-order valence-electron chi connectivity index (χ0n) is 10.5. The quantitative estimate of drug-likeness (QED) is 0.725. The molecule has 1 atom stereocenters. The second-order valence-corrected chi connectivity index (χ2v) is 4.62. The first-order valence-electron chi connectivity index (χ1n) is 6.30. The molecule has 0 saturated carbocycles. The van der Waals surface area contributed by atoms with E-state index in [0.717, 1.165) is 32.7 Å². The number of hydrogen-bond acceptors (Lipinski definition) is 3. The summed E-state index contributed by atoms with van der Waals surface area (Å²) in [5.41, 5.74) is 0. The lowest BCUT2D eigenvalue weighted by Gasteiger charge is -2.29. The van der Waals surface area contributed by atoms with Crippen LogP contribution in [-0.4, -0.2) is 49.8 Å². The monoisotopic (exact) mass is 214 g/mol. The third-order valence-electron chi connectivity index (χ3n) is 2.98. The molecule has 0 radical (unpaired) electrons. The Hall–Kier alpha value is -0.120. The molecule has 15 heavy (non-hydrogen) atoms. The molecule has 0 spiro atoms. The Morgan fingerprint density at radius 1 is 1.40 bits per heavy atom. The van der Waals surface area contributed by atoms with E-state index in [4.69, 9.17) is 4.74 Å². The summed E-state index contributed by atoms with van der Waals surface area (Å²) in [7, 11) is 0. The van der Waals surface area contributed by atoms with Gasteiger partial charge in [-0.1, -0.05) is 6.92 Å². The minimum absolute atomic E-state index is 0.428. The lowest BCUT2D eigenvalue weighted by molar-refractivity contribution is 0.0155. The van der Waals surface area contributed by atoms with Crippen LogP contribution in [0.1, 0.15) is 33.6 Å². The van der Waals surface area contributed by atoms with Crippen molar-refractivity contribution in [2.45, 2.75) is 45.8 Å². The molecule has 90 valence electrons. The van der Waals surface area contributed by atoms with Crippen molar-refractivity contribution in [1.82, 2.24) is 10.2 Å². The largest absolute Gasteiger partial charge is 0.376 e. The topological polar surface area (TPSA) is 24.5 Å². The summed E-state index contributed by atoms with van der Waals surface area (Å²) in [5.74, 6) is 0. The molecule has 1 heterocycles. The summed E-state index contributed by atoms with van der Waals surface area (Å²) in [5, 5.41) is 3.38. The molecule has 1 rings (SSSR count). The van der Waals surface area contributed by atoms with Crippen LogP contribution in [0.4, 0.5) is 0 Å². The Morgan fingerprint density at radius 3 is 2.73 bits per heavy atom. The molecular formula is C12H26N2O. The predicted molar refractivity (Wildman–Crippen MR) is 64.2 cm³/mol. The van der Waals surface area contributed by atoms with Gasteiger partial charge in [-0.25, -0.2) is 0 Å². The standard InChI is InChI=1S/C12H26N2O/c1-4-7-14(11(2)3)8-5-12-10-13-6-9-15-12/h11-13H,4-10H2,1-3H3. The Labute approximate surface area is 94.2 Å². The first-order chi connectivity index (χ1) is 7.24. The van der Waals surface area contributed by atoms with Gasteiger partial charge in [-0.15, -0.1) is 0 Å². The van der Waals surface area contributed by atoms with Gasteiger partial charge in [-0.2, -0.15) is 0 Å². The molecule has 1 fully saturated rings. The molecule has 0 aliphatic carbocycles. The Kier molecular flexibility index (Phi) is 6.22. The summed E-state index contributed by atoms with van der Waals surface area (Å²) in [6, 6.07) is 0.654. The van der Waals surface area contributed by atoms with Crippen molar-refractivity contribution < 1.29 is 4.74 Å². The molecule has 3 heteroatoms. The van der Waals surface area contributed by atoms with E-state index < -0.39 is 0 Å². The summed E-state index contributed by atoms with van der Waals surface area (Å²) in [6.45, 7) is 12.1. The highest BCUT2D eigenvalue weighted by molar-refractivity contribution is 4.71. The van der Waals surface area contributed by atoms with Crippen LogP contribution in [0.5, 0.6) is 0 Å². The third-order valence-corrected chi connectivity index (χ3v) is 2.98. The van der Waals surface area contributed by atoms with Crippen LogP contribution in [0.25, 0.3) is 0 Å². The first kappa shape index (κ1) is 12.9. The van der Waals surface area contributed by atoms with Crippen LogP contribution in [0.3, 0.4) is 0 Å². The Morgan fingerprint density at radius 2 is 2.20 bits per heavy atom. The number of ether oxygens (including phenoxy) is 1. The molecule has 1 unspecified atom stereocenters. The maximum atomic E-state index is 5.70. The smallest absolute Gasteiger partial charge is 0.0712 e. The van der Waals surface area contributed by atoms with Crippen molar-refractivity contribution in [2.24, 2.45) is 0 Å². The zero-order chi connectivity index (χ0) is 11.1. The fourth-order valence-corrected chi connectivity index (χ4v) is 2.03. The second kappa shape index (κ2) is 7.20. The van der Waals surface area contributed by atoms with Crippen molar-refractivity contribution in [3.8, 4) is 0 Å². The van der Waals surface area contributed by atoms with Gasteiger partial charge in [0.2, 0.25) is 0 Å². The number of morpholine rings is 1. The highest BCUT2D eigenvalue weighted by Crippen LogP contribution is 2.06.